The zero-order valence-corrected chi connectivity index (χ0v) is 16.6. The minimum atomic E-state index is -0.291. The van der Waals surface area contributed by atoms with E-state index in [-0.39, 0.29) is 11.6 Å². The Morgan fingerprint density at radius 2 is 2.10 bits per heavy atom. The number of amides is 1. The van der Waals surface area contributed by atoms with Gasteiger partial charge in [-0.2, -0.15) is 4.98 Å². The van der Waals surface area contributed by atoms with Crippen LogP contribution >= 0.6 is 0 Å². The molecule has 4 rings (SSSR count). The number of methoxy groups -OCH3 is 1. The number of aryl methyl sites for hydroxylation is 1. The highest BCUT2D eigenvalue weighted by Crippen LogP contribution is 2.20. The van der Waals surface area contributed by atoms with E-state index in [1.165, 1.54) is 6.33 Å². The molecule has 1 N–H and O–H groups in total. The number of rotatable bonds is 7. The highest BCUT2D eigenvalue weighted by molar-refractivity contribution is 5.92. The van der Waals surface area contributed by atoms with Gasteiger partial charge in [0.15, 0.2) is 5.82 Å². The summed E-state index contributed by atoms with van der Waals surface area (Å²) < 4.78 is 12.3. The van der Waals surface area contributed by atoms with Crippen LogP contribution in [-0.2, 0) is 13.0 Å². The fraction of sp³-hybridized carbons (Fsp3) is 0.190. The lowest BCUT2D eigenvalue weighted by atomic mass is 10.2. The first-order valence-corrected chi connectivity index (χ1v) is 9.41. The molecular weight excluding hydrogens is 384 g/mol. The molecular formula is C21H20N6O3. The second kappa shape index (κ2) is 8.56. The first kappa shape index (κ1) is 19.3. The first-order chi connectivity index (χ1) is 14.7. The normalized spacial score (nSPS) is 10.7. The van der Waals surface area contributed by atoms with Crippen LogP contribution in [-0.4, -0.2) is 37.7 Å². The van der Waals surface area contributed by atoms with Gasteiger partial charge in [-0.1, -0.05) is 30.3 Å². The lowest BCUT2D eigenvalue weighted by Gasteiger charge is -2.08. The van der Waals surface area contributed by atoms with Crippen LogP contribution in [0.3, 0.4) is 0 Å². The molecule has 0 aliphatic rings. The minimum Gasteiger partial charge on any atom is -0.496 e. The Bertz CT molecular complexity index is 1170. The van der Waals surface area contributed by atoms with Gasteiger partial charge in [-0.3, -0.25) is 9.36 Å². The number of hydrogen-bond donors (Lipinski definition) is 1. The average Bonchev–Trinajstić information content (AvgIpc) is 3.48. The standard InChI is InChI=1S/C21H20N6O3/c1-3-18-25-21(30-26-18)14-8-9-22-19(10-14)27-12-16(24-13-27)20(28)23-11-15-6-4-5-7-17(15)29-2/h4-10,12-13H,3,11H2,1-2H3,(H,23,28). The zero-order valence-electron chi connectivity index (χ0n) is 16.6. The summed E-state index contributed by atoms with van der Waals surface area (Å²) in [6.07, 6.45) is 5.49. The van der Waals surface area contributed by atoms with Gasteiger partial charge in [0.2, 0.25) is 0 Å². The van der Waals surface area contributed by atoms with Crippen molar-refractivity contribution in [2.75, 3.05) is 7.11 Å². The largest absolute Gasteiger partial charge is 0.496 e. The molecule has 0 aliphatic carbocycles. The third-order valence-corrected chi connectivity index (χ3v) is 4.49. The lowest BCUT2D eigenvalue weighted by molar-refractivity contribution is 0.0946. The van der Waals surface area contributed by atoms with Crippen molar-refractivity contribution >= 4 is 5.91 Å². The maximum Gasteiger partial charge on any atom is 0.271 e. The van der Waals surface area contributed by atoms with Crippen molar-refractivity contribution in [2.45, 2.75) is 19.9 Å². The van der Waals surface area contributed by atoms with Gasteiger partial charge in [0.25, 0.3) is 11.8 Å². The van der Waals surface area contributed by atoms with Gasteiger partial charge >= 0.3 is 0 Å². The van der Waals surface area contributed by atoms with Crippen LogP contribution in [0, 0.1) is 0 Å². The van der Waals surface area contributed by atoms with Gasteiger partial charge in [0.1, 0.15) is 23.6 Å². The van der Waals surface area contributed by atoms with Crippen LogP contribution in [0.4, 0.5) is 0 Å². The third-order valence-electron chi connectivity index (χ3n) is 4.49. The molecule has 0 bridgehead atoms. The number of nitrogens with zero attached hydrogens (tertiary/aromatic N) is 5. The number of carbonyl (C=O) groups excluding carboxylic acids is 1. The topological polar surface area (TPSA) is 108 Å². The molecule has 0 aliphatic heterocycles. The van der Waals surface area contributed by atoms with Gasteiger partial charge in [-0.05, 0) is 18.2 Å². The Morgan fingerprint density at radius 1 is 1.23 bits per heavy atom. The van der Waals surface area contributed by atoms with Gasteiger partial charge in [0, 0.05) is 36.5 Å². The quantitative estimate of drug-likeness (QED) is 0.504. The molecule has 0 spiro atoms. The number of aromatic nitrogens is 5. The Hall–Kier alpha value is -4.01. The van der Waals surface area contributed by atoms with Gasteiger partial charge < -0.3 is 14.6 Å². The summed E-state index contributed by atoms with van der Waals surface area (Å²) in [7, 11) is 1.60. The van der Waals surface area contributed by atoms with Crippen molar-refractivity contribution in [2.24, 2.45) is 0 Å². The number of benzene rings is 1. The number of imidazole rings is 1. The molecule has 9 nitrogen and oxygen atoms in total. The van der Waals surface area contributed by atoms with Gasteiger partial charge in [-0.15, -0.1) is 0 Å². The van der Waals surface area contributed by atoms with Crippen LogP contribution in [0.25, 0.3) is 17.3 Å². The van der Waals surface area contributed by atoms with E-state index >= 15 is 0 Å². The number of ether oxygens (including phenoxy) is 1. The fourth-order valence-corrected chi connectivity index (χ4v) is 2.89. The zero-order chi connectivity index (χ0) is 20.9. The van der Waals surface area contributed by atoms with E-state index in [9.17, 15) is 4.79 Å². The molecule has 3 aromatic heterocycles. The van der Waals surface area contributed by atoms with E-state index in [1.54, 1.807) is 36.2 Å². The van der Waals surface area contributed by atoms with Crippen LogP contribution in [0.15, 0.2) is 59.6 Å². The molecule has 0 saturated heterocycles. The molecule has 4 aromatic rings. The van der Waals surface area contributed by atoms with Crippen molar-refractivity contribution in [1.29, 1.82) is 0 Å². The third kappa shape index (κ3) is 4.04. The van der Waals surface area contributed by atoms with E-state index in [2.05, 4.69) is 25.4 Å². The van der Waals surface area contributed by atoms with E-state index in [4.69, 9.17) is 9.26 Å². The summed E-state index contributed by atoms with van der Waals surface area (Å²) in [5, 5.41) is 6.76. The summed E-state index contributed by atoms with van der Waals surface area (Å²) in [5.41, 5.74) is 1.90. The SMILES string of the molecule is CCc1noc(-c2ccnc(-n3cnc(C(=O)NCc4ccccc4OC)c3)c2)n1. The van der Waals surface area contributed by atoms with Gasteiger partial charge in [-0.25, -0.2) is 9.97 Å². The summed E-state index contributed by atoms with van der Waals surface area (Å²) in [6.45, 7) is 2.29. The van der Waals surface area contributed by atoms with Crippen molar-refractivity contribution < 1.29 is 14.1 Å². The summed E-state index contributed by atoms with van der Waals surface area (Å²) in [5.74, 6) is 2.07. The van der Waals surface area contributed by atoms with E-state index in [1.807, 2.05) is 31.2 Å². The van der Waals surface area contributed by atoms with Gasteiger partial charge in [0.05, 0.1) is 7.11 Å². The molecule has 0 radical (unpaired) electrons. The molecule has 1 aromatic carbocycles. The number of nitrogens with one attached hydrogen (secondary N) is 1. The Labute approximate surface area is 172 Å². The second-order valence-electron chi connectivity index (χ2n) is 6.43. The van der Waals surface area contributed by atoms with Crippen LogP contribution < -0.4 is 10.1 Å². The molecule has 152 valence electrons. The highest BCUT2D eigenvalue weighted by atomic mass is 16.5. The Morgan fingerprint density at radius 3 is 2.90 bits per heavy atom. The van der Waals surface area contributed by atoms with Crippen LogP contribution in [0.1, 0.15) is 28.8 Å². The molecule has 0 saturated carbocycles. The molecule has 0 fully saturated rings. The summed E-state index contributed by atoms with van der Waals surface area (Å²) in [6, 6.07) is 11.1. The fourth-order valence-electron chi connectivity index (χ4n) is 2.89. The summed E-state index contributed by atoms with van der Waals surface area (Å²) >= 11 is 0. The lowest BCUT2D eigenvalue weighted by Crippen LogP contribution is -2.23. The average molecular weight is 404 g/mol. The smallest absolute Gasteiger partial charge is 0.271 e. The van der Waals surface area contributed by atoms with Crippen LogP contribution in [0.2, 0.25) is 0 Å². The number of pyridine rings is 1. The monoisotopic (exact) mass is 404 g/mol. The number of para-hydroxylation sites is 1. The molecule has 1 amide bonds. The molecule has 0 unspecified atom stereocenters. The van der Waals surface area contributed by atoms with E-state index in [0.29, 0.717) is 30.5 Å². The first-order valence-electron chi connectivity index (χ1n) is 9.41. The Balaban J connectivity index is 1.48. The second-order valence-corrected chi connectivity index (χ2v) is 6.43. The number of carbonyl (C=O) groups is 1. The van der Waals surface area contributed by atoms with Crippen molar-refractivity contribution in [3.8, 4) is 23.0 Å². The molecule has 3 heterocycles. The maximum absolute atomic E-state index is 12.5. The molecule has 30 heavy (non-hydrogen) atoms. The number of hydrogen-bond acceptors (Lipinski definition) is 7. The van der Waals surface area contributed by atoms with Crippen LogP contribution in [0.5, 0.6) is 5.75 Å². The maximum atomic E-state index is 12.5. The highest BCUT2D eigenvalue weighted by Gasteiger charge is 2.13. The minimum absolute atomic E-state index is 0.281. The predicted octanol–water partition coefficient (Wildman–Crippen LogP) is 2.82. The Kier molecular flexibility index (Phi) is 5.51. The van der Waals surface area contributed by atoms with Crippen molar-refractivity contribution in [3.05, 3.63) is 72.2 Å². The molecule has 9 heteroatoms. The predicted molar refractivity (Wildman–Crippen MR) is 108 cm³/mol. The molecule has 0 atom stereocenters. The van der Waals surface area contributed by atoms with Crippen molar-refractivity contribution in [1.82, 2.24) is 30.0 Å². The van der Waals surface area contributed by atoms with E-state index < -0.39 is 0 Å². The summed E-state index contributed by atoms with van der Waals surface area (Å²) in [4.78, 5) is 25.4. The van der Waals surface area contributed by atoms with E-state index in [0.717, 1.165) is 16.9 Å². The van der Waals surface area contributed by atoms with Crippen molar-refractivity contribution in [3.63, 3.8) is 0 Å².